The summed E-state index contributed by atoms with van der Waals surface area (Å²) >= 11 is 5.46. The van der Waals surface area contributed by atoms with E-state index in [-0.39, 0.29) is 11.4 Å². The van der Waals surface area contributed by atoms with Gasteiger partial charge in [-0.15, -0.1) is 0 Å². The van der Waals surface area contributed by atoms with E-state index in [1.54, 1.807) is 0 Å². The van der Waals surface area contributed by atoms with Crippen molar-refractivity contribution in [3.63, 3.8) is 0 Å². The van der Waals surface area contributed by atoms with Gasteiger partial charge < -0.3 is 10.1 Å². The van der Waals surface area contributed by atoms with E-state index in [9.17, 15) is 26.7 Å². The third-order valence-electron chi connectivity index (χ3n) is 2.81. The summed E-state index contributed by atoms with van der Waals surface area (Å²) in [6.07, 6.45) is -4.68. The molecule has 128 valence electrons. The van der Waals surface area contributed by atoms with E-state index in [4.69, 9.17) is 16.3 Å². The van der Waals surface area contributed by atoms with Gasteiger partial charge in [0.1, 0.15) is 5.82 Å². The normalized spacial score (nSPS) is 11.2. The van der Waals surface area contributed by atoms with Gasteiger partial charge in [0.15, 0.2) is 18.2 Å². The minimum absolute atomic E-state index is 0.153. The highest BCUT2D eigenvalue weighted by Gasteiger charge is 2.33. The molecule has 1 N–H and O–H groups in total. The van der Waals surface area contributed by atoms with Crippen molar-refractivity contribution in [1.29, 1.82) is 0 Å². The minimum atomic E-state index is -4.68. The van der Waals surface area contributed by atoms with Gasteiger partial charge in [-0.25, -0.2) is 8.78 Å². The number of benzene rings is 2. The number of ether oxygens (including phenoxy) is 1. The quantitative estimate of drug-likeness (QED) is 0.801. The Labute approximate surface area is 138 Å². The lowest BCUT2D eigenvalue weighted by atomic mass is 10.2. The SMILES string of the molecule is O=C(COc1ccc(F)cc1F)Nc1ccc(Cl)c(C(F)(F)F)c1. The van der Waals surface area contributed by atoms with Crippen LogP contribution in [0.5, 0.6) is 5.75 Å². The highest BCUT2D eigenvalue weighted by atomic mass is 35.5. The molecular weight excluding hydrogens is 357 g/mol. The molecule has 2 aromatic rings. The maximum atomic E-state index is 13.3. The lowest BCUT2D eigenvalue weighted by Gasteiger charge is -2.12. The van der Waals surface area contributed by atoms with Crippen molar-refractivity contribution >= 4 is 23.2 Å². The van der Waals surface area contributed by atoms with Crippen molar-refractivity contribution in [2.75, 3.05) is 11.9 Å². The molecule has 0 spiro atoms. The largest absolute Gasteiger partial charge is 0.481 e. The number of anilines is 1. The Hall–Kier alpha value is -2.35. The van der Waals surface area contributed by atoms with Crippen molar-refractivity contribution in [1.82, 2.24) is 0 Å². The van der Waals surface area contributed by atoms with Crippen LogP contribution in [0.4, 0.5) is 27.6 Å². The van der Waals surface area contributed by atoms with Crippen molar-refractivity contribution in [3.8, 4) is 5.75 Å². The van der Waals surface area contributed by atoms with Crippen LogP contribution in [0.15, 0.2) is 36.4 Å². The molecule has 0 saturated carbocycles. The van der Waals surface area contributed by atoms with Crippen LogP contribution in [0.25, 0.3) is 0 Å². The third kappa shape index (κ3) is 4.58. The van der Waals surface area contributed by atoms with Gasteiger partial charge in [-0.2, -0.15) is 13.2 Å². The second-order valence-electron chi connectivity index (χ2n) is 4.60. The summed E-state index contributed by atoms with van der Waals surface area (Å²) in [7, 11) is 0. The maximum absolute atomic E-state index is 13.3. The molecular formula is C15H9ClF5NO2. The summed E-state index contributed by atoms with van der Waals surface area (Å²) in [5.41, 5.74) is -1.26. The van der Waals surface area contributed by atoms with Crippen molar-refractivity contribution < 1.29 is 31.5 Å². The summed E-state index contributed by atoms with van der Waals surface area (Å²) in [6, 6.07) is 5.32. The van der Waals surface area contributed by atoms with Crippen LogP contribution in [-0.4, -0.2) is 12.5 Å². The predicted molar refractivity (Wildman–Crippen MR) is 76.9 cm³/mol. The topological polar surface area (TPSA) is 38.3 Å². The molecule has 24 heavy (non-hydrogen) atoms. The standard InChI is InChI=1S/C15H9ClF5NO2/c16-11-3-2-9(6-10(11)15(19,20)21)22-14(23)7-24-13-4-1-8(17)5-12(13)18/h1-6H,7H2,(H,22,23). The second kappa shape index (κ2) is 7.04. The molecule has 3 nitrogen and oxygen atoms in total. The number of rotatable bonds is 4. The van der Waals surface area contributed by atoms with Gasteiger partial charge in [-0.05, 0) is 30.3 Å². The van der Waals surface area contributed by atoms with Crippen LogP contribution >= 0.6 is 11.6 Å². The maximum Gasteiger partial charge on any atom is 0.417 e. The summed E-state index contributed by atoms with van der Waals surface area (Å²) in [6.45, 7) is -0.674. The first kappa shape index (κ1) is 18.0. The van der Waals surface area contributed by atoms with Crippen LogP contribution < -0.4 is 10.1 Å². The van der Waals surface area contributed by atoms with Gasteiger partial charge in [0, 0.05) is 11.8 Å². The Morgan fingerprint density at radius 1 is 1.12 bits per heavy atom. The molecule has 0 bridgehead atoms. The summed E-state index contributed by atoms with van der Waals surface area (Å²) < 4.78 is 69.0. The summed E-state index contributed by atoms with van der Waals surface area (Å²) in [5.74, 6) is -3.01. The van der Waals surface area contributed by atoms with Gasteiger partial charge in [-0.1, -0.05) is 11.6 Å². The first-order chi connectivity index (χ1) is 11.2. The zero-order valence-corrected chi connectivity index (χ0v) is 12.5. The Morgan fingerprint density at radius 3 is 2.46 bits per heavy atom. The van der Waals surface area contributed by atoms with Crippen LogP contribution in [0.1, 0.15) is 5.56 Å². The van der Waals surface area contributed by atoms with Gasteiger partial charge in [0.2, 0.25) is 0 Å². The molecule has 0 radical (unpaired) electrons. The number of carbonyl (C=O) groups excluding carboxylic acids is 1. The van der Waals surface area contributed by atoms with E-state index in [1.807, 2.05) is 0 Å². The Kier molecular flexibility index (Phi) is 5.28. The predicted octanol–water partition coefficient (Wildman–Crippen LogP) is 4.65. The fraction of sp³-hybridized carbons (Fsp3) is 0.133. The molecule has 0 heterocycles. The molecule has 1 amide bonds. The van der Waals surface area contributed by atoms with Crippen molar-refractivity contribution in [3.05, 3.63) is 58.6 Å². The molecule has 0 aliphatic heterocycles. The fourth-order valence-electron chi connectivity index (χ4n) is 1.75. The van der Waals surface area contributed by atoms with E-state index >= 15 is 0 Å². The Balaban J connectivity index is 2.02. The second-order valence-corrected chi connectivity index (χ2v) is 5.01. The summed E-state index contributed by atoms with van der Waals surface area (Å²) in [4.78, 5) is 11.7. The van der Waals surface area contributed by atoms with Crippen molar-refractivity contribution in [2.24, 2.45) is 0 Å². The zero-order valence-electron chi connectivity index (χ0n) is 11.8. The van der Waals surface area contributed by atoms with Crippen LogP contribution in [-0.2, 0) is 11.0 Å². The third-order valence-corrected chi connectivity index (χ3v) is 3.14. The van der Waals surface area contributed by atoms with Crippen molar-refractivity contribution in [2.45, 2.75) is 6.18 Å². The van der Waals surface area contributed by atoms with E-state index in [0.29, 0.717) is 12.1 Å². The molecule has 9 heteroatoms. The van der Waals surface area contributed by atoms with E-state index in [2.05, 4.69) is 5.32 Å². The van der Waals surface area contributed by atoms with E-state index in [0.717, 1.165) is 18.2 Å². The molecule has 2 aromatic carbocycles. The van der Waals surface area contributed by atoms with E-state index < -0.39 is 40.9 Å². The minimum Gasteiger partial charge on any atom is -0.481 e. The average molecular weight is 366 g/mol. The smallest absolute Gasteiger partial charge is 0.417 e. The van der Waals surface area contributed by atoms with Crippen LogP contribution in [0.3, 0.4) is 0 Å². The average Bonchev–Trinajstić information content (AvgIpc) is 2.47. The van der Waals surface area contributed by atoms with Gasteiger partial charge >= 0.3 is 6.18 Å². The molecule has 0 unspecified atom stereocenters. The van der Waals surface area contributed by atoms with Crippen LogP contribution in [0, 0.1) is 11.6 Å². The number of carbonyl (C=O) groups is 1. The van der Waals surface area contributed by atoms with Crippen LogP contribution in [0.2, 0.25) is 5.02 Å². The first-order valence-corrected chi connectivity index (χ1v) is 6.79. The van der Waals surface area contributed by atoms with Gasteiger partial charge in [0.05, 0.1) is 10.6 Å². The molecule has 0 aromatic heterocycles. The number of hydrogen-bond acceptors (Lipinski definition) is 2. The van der Waals surface area contributed by atoms with Gasteiger partial charge in [-0.3, -0.25) is 4.79 Å². The highest BCUT2D eigenvalue weighted by Crippen LogP contribution is 2.36. The number of amides is 1. The molecule has 2 rings (SSSR count). The number of halogens is 6. The van der Waals surface area contributed by atoms with E-state index in [1.165, 1.54) is 6.07 Å². The fourth-order valence-corrected chi connectivity index (χ4v) is 1.98. The summed E-state index contributed by atoms with van der Waals surface area (Å²) in [5, 5.41) is 1.65. The molecule has 0 atom stereocenters. The number of hydrogen-bond donors (Lipinski definition) is 1. The lowest BCUT2D eigenvalue weighted by molar-refractivity contribution is -0.137. The first-order valence-electron chi connectivity index (χ1n) is 6.41. The molecule has 0 saturated heterocycles. The number of alkyl halides is 3. The van der Waals surface area contributed by atoms with Gasteiger partial charge in [0.25, 0.3) is 5.91 Å². The Bertz CT molecular complexity index is 764. The molecule has 0 aliphatic rings. The Morgan fingerprint density at radius 2 is 1.83 bits per heavy atom. The molecule has 0 aliphatic carbocycles. The lowest BCUT2D eigenvalue weighted by Crippen LogP contribution is -2.21. The highest BCUT2D eigenvalue weighted by molar-refractivity contribution is 6.31. The molecule has 0 fully saturated rings. The monoisotopic (exact) mass is 365 g/mol. The zero-order chi connectivity index (χ0) is 17.9. The number of nitrogens with one attached hydrogen (secondary N) is 1.